The van der Waals surface area contributed by atoms with Gasteiger partial charge in [0, 0.05) is 13.1 Å². The van der Waals surface area contributed by atoms with E-state index in [0.717, 1.165) is 12.8 Å². The van der Waals surface area contributed by atoms with Gasteiger partial charge >= 0.3 is 0 Å². The van der Waals surface area contributed by atoms with Crippen molar-refractivity contribution in [1.29, 1.82) is 0 Å². The van der Waals surface area contributed by atoms with E-state index in [4.69, 9.17) is 10.5 Å². The molecule has 2 fully saturated rings. The molecule has 1 amide bonds. The van der Waals surface area contributed by atoms with Crippen LogP contribution in [0.25, 0.3) is 0 Å². The molecular formula is C12H15N3O2. The van der Waals surface area contributed by atoms with Crippen molar-refractivity contribution in [1.82, 2.24) is 9.88 Å². The molecule has 3 rings (SSSR count). The summed E-state index contributed by atoms with van der Waals surface area (Å²) in [5.41, 5.74) is 6.01. The van der Waals surface area contributed by atoms with Crippen molar-refractivity contribution < 1.29 is 9.53 Å². The number of ether oxygens (including phenoxy) is 1. The molecule has 2 saturated heterocycles. The van der Waals surface area contributed by atoms with Gasteiger partial charge in [-0.2, -0.15) is 0 Å². The Hall–Kier alpha value is -1.62. The van der Waals surface area contributed by atoms with Crippen LogP contribution in [0.2, 0.25) is 0 Å². The molecule has 2 atom stereocenters. The van der Waals surface area contributed by atoms with Crippen molar-refractivity contribution >= 4 is 11.7 Å². The van der Waals surface area contributed by atoms with E-state index in [1.54, 1.807) is 18.2 Å². The number of carbonyl (C=O) groups excluding carboxylic acids is 1. The van der Waals surface area contributed by atoms with E-state index < -0.39 is 0 Å². The number of likely N-dealkylation sites (tertiary alicyclic amines) is 1. The van der Waals surface area contributed by atoms with Gasteiger partial charge < -0.3 is 15.4 Å². The van der Waals surface area contributed by atoms with Gasteiger partial charge in [0.1, 0.15) is 11.5 Å². The molecule has 2 bridgehead atoms. The summed E-state index contributed by atoms with van der Waals surface area (Å²) in [6.07, 6.45) is 2.52. The number of nitrogens with two attached hydrogens (primary N) is 1. The van der Waals surface area contributed by atoms with Gasteiger partial charge in [-0.15, -0.1) is 0 Å². The molecule has 3 heterocycles. The third kappa shape index (κ3) is 1.98. The maximum atomic E-state index is 12.2. The highest BCUT2D eigenvalue weighted by Gasteiger charge is 2.36. The molecule has 5 nitrogen and oxygen atoms in total. The lowest BCUT2D eigenvalue weighted by Gasteiger charge is -2.31. The van der Waals surface area contributed by atoms with Gasteiger partial charge in [0.2, 0.25) is 0 Å². The van der Waals surface area contributed by atoms with Crippen LogP contribution in [0.5, 0.6) is 0 Å². The minimum absolute atomic E-state index is 0.0440. The standard InChI is InChI=1S/C12H15N3O2/c13-11-3-1-2-10(14-11)12(16)15-6-8-4-5-9(7-15)17-8/h1-3,8-9H,4-7H2,(H2,13,14). The van der Waals surface area contributed by atoms with Gasteiger partial charge in [-0.25, -0.2) is 4.98 Å². The van der Waals surface area contributed by atoms with Gasteiger partial charge in [-0.1, -0.05) is 6.07 Å². The molecule has 0 spiro atoms. The fourth-order valence-electron chi connectivity index (χ4n) is 2.51. The number of aromatic nitrogens is 1. The van der Waals surface area contributed by atoms with Crippen molar-refractivity contribution in [3.8, 4) is 0 Å². The number of hydrogen-bond acceptors (Lipinski definition) is 4. The Morgan fingerprint density at radius 2 is 2.06 bits per heavy atom. The SMILES string of the molecule is Nc1cccc(C(=O)N2CC3CCC(C2)O3)n1. The molecule has 2 N–H and O–H groups in total. The number of hydrogen-bond donors (Lipinski definition) is 1. The molecule has 0 radical (unpaired) electrons. The smallest absolute Gasteiger partial charge is 0.272 e. The predicted octanol–water partition coefficient (Wildman–Crippen LogP) is 0.667. The van der Waals surface area contributed by atoms with Crippen LogP contribution >= 0.6 is 0 Å². The quantitative estimate of drug-likeness (QED) is 0.774. The van der Waals surface area contributed by atoms with Crippen LogP contribution in [0, 0.1) is 0 Å². The lowest BCUT2D eigenvalue weighted by molar-refractivity contribution is -0.0305. The number of anilines is 1. The summed E-state index contributed by atoms with van der Waals surface area (Å²) in [5.74, 6) is 0.338. The predicted molar refractivity (Wildman–Crippen MR) is 62.4 cm³/mol. The molecule has 2 aliphatic heterocycles. The molecule has 17 heavy (non-hydrogen) atoms. The first-order valence-electron chi connectivity index (χ1n) is 5.89. The van der Waals surface area contributed by atoms with E-state index in [0.29, 0.717) is 24.6 Å². The third-order valence-electron chi connectivity index (χ3n) is 3.32. The molecule has 90 valence electrons. The van der Waals surface area contributed by atoms with Crippen molar-refractivity contribution in [3.05, 3.63) is 23.9 Å². The molecule has 1 aromatic rings. The molecule has 5 heteroatoms. The van der Waals surface area contributed by atoms with Crippen LogP contribution in [0.4, 0.5) is 5.82 Å². The van der Waals surface area contributed by atoms with Crippen molar-refractivity contribution in [2.75, 3.05) is 18.8 Å². The molecule has 0 aromatic carbocycles. The second-order valence-electron chi connectivity index (χ2n) is 4.62. The summed E-state index contributed by atoms with van der Waals surface area (Å²) in [7, 11) is 0. The number of carbonyl (C=O) groups is 1. The van der Waals surface area contributed by atoms with Crippen LogP contribution in [0.15, 0.2) is 18.2 Å². The number of morpholine rings is 1. The molecule has 0 saturated carbocycles. The van der Waals surface area contributed by atoms with Crippen LogP contribution in [0.3, 0.4) is 0 Å². The Morgan fingerprint density at radius 1 is 1.35 bits per heavy atom. The molecule has 0 aliphatic carbocycles. The zero-order valence-corrected chi connectivity index (χ0v) is 9.50. The number of rotatable bonds is 1. The Labute approximate surface area is 99.6 Å². The summed E-state index contributed by atoms with van der Waals surface area (Å²) >= 11 is 0. The fraction of sp³-hybridized carbons (Fsp3) is 0.500. The lowest BCUT2D eigenvalue weighted by atomic mass is 10.2. The summed E-state index contributed by atoms with van der Waals surface area (Å²) in [6, 6.07) is 5.14. The van der Waals surface area contributed by atoms with Gasteiger partial charge in [0.15, 0.2) is 0 Å². The largest absolute Gasteiger partial charge is 0.384 e. The first-order chi connectivity index (χ1) is 8.22. The monoisotopic (exact) mass is 233 g/mol. The summed E-state index contributed by atoms with van der Waals surface area (Å²) in [5, 5.41) is 0. The lowest BCUT2D eigenvalue weighted by Crippen LogP contribution is -2.46. The second kappa shape index (κ2) is 4.00. The minimum atomic E-state index is -0.0440. The third-order valence-corrected chi connectivity index (χ3v) is 3.32. The number of nitrogen functional groups attached to an aromatic ring is 1. The van der Waals surface area contributed by atoms with E-state index in [1.807, 2.05) is 4.90 Å². The van der Waals surface area contributed by atoms with E-state index >= 15 is 0 Å². The summed E-state index contributed by atoms with van der Waals surface area (Å²) in [4.78, 5) is 18.1. The Bertz CT molecular complexity index is 437. The molecular weight excluding hydrogens is 218 g/mol. The van der Waals surface area contributed by atoms with Crippen LogP contribution in [0.1, 0.15) is 23.3 Å². The average molecular weight is 233 g/mol. The summed E-state index contributed by atoms with van der Waals surface area (Å²) < 4.78 is 5.70. The Kier molecular flexibility index (Phi) is 2.48. The summed E-state index contributed by atoms with van der Waals surface area (Å²) in [6.45, 7) is 1.34. The molecule has 2 aliphatic rings. The zero-order valence-electron chi connectivity index (χ0n) is 9.50. The number of pyridine rings is 1. The second-order valence-corrected chi connectivity index (χ2v) is 4.62. The number of nitrogens with zero attached hydrogens (tertiary/aromatic N) is 2. The van der Waals surface area contributed by atoms with Crippen LogP contribution in [-0.4, -0.2) is 41.1 Å². The maximum Gasteiger partial charge on any atom is 0.272 e. The number of fused-ring (bicyclic) bond motifs is 2. The van der Waals surface area contributed by atoms with Gasteiger partial charge in [0.05, 0.1) is 12.2 Å². The van der Waals surface area contributed by atoms with Gasteiger partial charge in [0.25, 0.3) is 5.91 Å². The van der Waals surface area contributed by atoms with Crippen molar-refractivity contribution in [2.45, 2.75) is 25.0 Å². The minimum Gasteiger partial charge on any atom is -0.384 e. The molecule has 2 unspecified atom stereocenters. The van der Waals surface area contributed by atoms with Crippen molar-refractivity contribution in [3.63, 3.8) is 0 Å². The van der Waals surface area contributed by atoms with E-state index in [9.17, 15) is 4.79 Å². The first kappa shape index (κ1) is 10.5. The Morgan fingerprint density at radius 3 is 2.71 bits per heavy atom. The highest BCUT2D eigenvalue weighted by Crippen LogP contribution is 2.26. The van der Waals surface area contributed by atoms with Crippen molar-refractivity contribution in [2.24, 2.45) is 0 Å². The van der Waals surface area contributed by atoms with Crippen LogP contribution < -0.4 is 5.73 Å². The van der Waals surface area contributed by atoms with E-state index in [1.165, 1.54) is 0 Å². The normalized spacial score (nSPS) is 27.2. The Balaban J connectivity index is 1.78. The maximum absolute atomic E-state index is 12.2. The van der Waals surface area contributed by atoms with E-state index in [-0.39, 0.29) is 18.1 Å². The zero-order chi connectivity index (χ0) is 11.8. The molecule has 1 aromatic heterocycles. The first-order valence-corrected chi connectivity index (χ1v) is 5.89. The van der Waals surface area contributed by atoms with Gasteiger partial charge in [-0.05, 0) is 25.0 Å². The van der Waals surface area contributed by atoms with E-state index in [2.05, 4.69) is 4.98 Å². The van der Waals surface area contributed by atoms with Crippen LogP contribution in [-0.2, 0) is 4.74 Å². The highest BCUT2D eigenvalue weighted by atomic mass is 16.5. The topological polar surface area (TPSA) is 68.5 Å². The fourth-order valence-corrected chi connectivity index (χ4v) is 2.51. The van der Waals surface area contributed by atoms with Gasteiger partial charge in [-0.3, -0.25) is 4.79 Å². The average Bonchev–Trinajstić information content (AvgIpc) is 2.67. The highest BCUT2D eigenvalue weighted by molar-refractivity contribution is 5.92. The number of amides is 1.